The first kappa shape index (κ1) is 15.4. The molecule has 0 aliphatic carbocycles. The molecule has 3 heterocycles. The van der Waals surface area contributed by atoms with Crippen molar-refractivity contribution in [1.29, 1.82) is 0 Å². The van der Waals surface area contributed by atoms with Gasteiger partial charge in [-0.2, -0.15) is 0 Å². The third kappa shape index (κ3) is 1.93. The second-order valence-corrected chi connectivity index (χ2v) is 5.06. The molecule has 12 heteroatoms. The van der Waals surface area contributed by atoms with Crippen LogP contribution in [0.2, 0.25) is 0 Å². The Kier molecular flexibility index (Phi) is 3.33. The first-order valence-corrected chi connectivity index (χ1v) is 6.47. The fraction of sp³-hybridized carbons (Fsp3) is 0.455. The number of hydrogen-bond donors (Lipinski definition) is 6. The van der Waals surface area contributed by atoms with Crippen molar-refractivity contribution in [1.82, 2.24) is 19.5 Å². The molecule has 2 aromatic heterocycles. The van der Waals surface area contributed by atoms with Crippen LogP contribution < -0.4 is 17.0 Å². The number of hydrogen-bond acceptors (Lipinski definition) is 8. The number of rotatable bonds is 3. The lowest BCUT2D eigenvalue weighted by atomic mass is 10.0. The molecule has 0 saturated carbocycles. The first-order chi connectivity index (χ1) is 10.8. The zero-order valence-electron chi connectivity index (χ0n) is 11.5. The third-order valence-corrected chi connectivity index (χ3v) is 3.77. The maximum atomic E-state index is 12.0. The van der Waals surface area contributed by atoms with E-state index in [-0.39, 0.29) is 11.2 Å². The van der Waals surface area contributed by atoms with E-state index < -0.39 is 47.8 Å². The molecule has 23 heavy (non-hydrogen) atoms. The fourth-order valence-electron chi connectivity index (χ4n) is 2.66. The Labute approximate surface area is 126 Å². The largest absolute Gasteiger partial charge is 0.394 e. The maximum Gasteiger partial charge on any atom is 0.327 e. The molecule has 1 saturated heterocycles. The van der Waals surface area contributed by atoms with Crippen molar-refractivity contribution < 1.29 is 24.9 Å². The monoisotopic (exact) mass is 327 g/mol. The fourth-order valence-corrected chi connectivity index (χ4v) is 2.66. The summed E-state index contributed by atoms with van der Waals surface area (Å²) in [7, 11) is 0. The highest BCUT2D eigenvalue weighted by atomic mass is 16.6. The summed E-state index contributed by atoms with van der Waals surface area (Å²) in [6.45, 7) is -0.697. The van der Waals surface area contributed by atoms with E-state index in [1.807, 2.05) is 4.98 Å². The molecule has 0 unspecified atom stereocenters. The topological polar surface area (TPSA) is 197 Å². The Morgan fingerprint density at radius 1 is 1.43 bits per heavy atom. The Morgan fingerprint density at radius 3 is 2.70 bits per heavy atom. The van der Waals surface area contributed by atoms with Crippen LogP contribution in [0.4, 0.5) is 0 Å². The summed E-state index contributed by atoms with van der Waals surface area (Å²) in [5.74, 6) is -1.21. The van der Waals surface area contributed by atoms with Gasteiger partial charge < -0.3 is 25.8 Å². The molecule has 7 N–H and O–H groups in total. The van der Waals surface area contributed by atoms with Crippen molar-refractivity contribution in [2.24, 2.45) is 5.73 Å². The lowest BCUT2D eigenvalue weighted by Crippen LogP contribution is -2.55. The van der Waals surface area contributed by atoms with E-state index in [0.717, 1.165) is 10.9 Å². The van der Waals surface area contributed by atoms with Gasteiger partial charge in [-0.05, 0) is 0 Å². The number of ether oxygens (including phenoxy) is 1. The number of fused-ring (bicyclic) bond motifs is 1. The number of carbonyl (C=O) groups excluding carboxylic acids is 1. The van der Waals surface area contributed by atoms with Crippen LogP contribution in [0.15, 0.2) is 15.9 Å². The summed E-state index contributed by atoms with van der Waals surface area (Å²) < 4.78 is 6.13. The van der Waals surface area contributed by atoms with E-state index in [1.165, 1.54) is 0 Å². The average molecular weight is 327 g/mol. The lowest BCUT2D eigenvalue weighted by Gasteiger charge is -2.30. The van der Waals surface area contributed by atoms with Crippen LogP contribution in [0.5, 0.6) is 0 Å². The Hall–Kier alpha value is -2.54. The van der Waals surface area contributed by atoms with Gasteiger partial charge in [-0.15, -0.1) is 0 Å². The van der Waals surface area contributed by atoms with Gasteiger partial charge in [0.15, 0.2) is 5.52 Å². The summed E-state index contributed by atoms with van der Waals surface area (Å²) in [4.78, 5) is 43.1. The van der Waals surface area contributed by atoms with Gasteiger partial charge in [0.25, 0.3) is 17.2 Å². The molecule has 4 atom stereocenters. The number of imidazole rings is 1. The van der Waals surface area contributed by atoms with Crippen LogP contribution in [0.3, 0.4) is 0 Å². The molecule has 12 nitrogen and oxygen atoms in total. The Bertz CT molecular complexity index is 885. The van der Waals surface area contributed by atoms with Gasteiger partial charge in [-0.3, -0.25) is 24.1 Å². The van der Waals surface area contributed by atoms with Crippen LogP contribution in [0.1, 0.15) is 0 Å². The lowest BCUT2D eigenvalue weighted by molar-refractivity contribution is -0.172. The van der Waals surface area contributed by atoms with Crippen molar-refractivity contribution in [3.63, 3.8) is 0 Å². The molecule has 124 valence electrons. The second kappa shape index (κ2) is 4.99. The highest BCUT2D eigenvalue weighted by Crippen LogP contribution is 2.36. The van der Waals surface area contributed by atoms with Gasteiger partial charge in [0.05, 0.1) is 6.61 Å². The predicted octanol–water partition coefficient (Wildman–Crippen LogP) is -4.34. The molecule has 2 aromatic rings. The molecule has 3 rings (SSSR count). The molecule has 1 aliphatic heterocycles. The van der Waals surface area contributed by atoms with Gasteiger partial charge in [0, 0.05) is 0 Å². The number of carbonyl (C=O) groups is 1. The van der Waals surface area contributed by atoms with Crippen LogP contribution in [-0.4, -0.2) is 65.7 Å². The van der Waals surface area contributed by atoms with E-state index in [1.54, 1.807) is 0 Å². The van der Waals surface area contributed by atoms with Crippen molar-refractivity contribution in [3.8, 4) is 0 Å². The number of H-pyrrole nitrogens is 2. The van der Waals surface area contributed by atoms with Crippen molar-refractivity contribution in [2.45, 2.75) is 24.0 Å². The van der Waals surface area contributed by atoms with Gasteiger partial charge in [0.2, 0.25) is 0 Å². The molecule has 0 bridgehead atoms. The minimum atomic E-state index is -2.35. The van der Waals surface area contributed by atoms with Crippen molar-refractivity contribution in [2.75, 3.05) is 6.61 Å². The van der Waals surface area contributed by atoms with Crippen LogP contribution in [0, 0.1) is 0 Å². The molecule has 0 aromatic carbocycles. The minimum Gasteiger partial charge on any atom is -0.394 e. The molecule has 1 aliphatic rings. The summed E-state index contributed by atoms with van der Waals surface area (Å²) in [6, 6.07) is 0. The number of aliphatic hydroxyl groups excluding tert-OH is 3. The van der Waals surface area contributed by atoms with Gasteiger partial charge in [0.1, 0.15) is 30.3 Å². The summed E-state index contributed by atoms with van der Waals surface area (Å²) in [5, 5.41) is 29.3. The zero-order chi connectivity index (χ0) is 16.9. The van der Waals surface area contributed by atoms with Gasteiger partial charge >= 0.3 is 5.69 Å². The zero-order valence-corrected chi connectivity index (χ0v) is 11.5. The first-order valence-electron chi connectivity index (χ1n) is 6.47. The summed E-state index contributed by atoms with van der Waals surface area (Å²) in [6.07, 6.45) is -3.84. The van der Waals surface area contributed by atoms with E-state index in [9.17, 15) is 29.7 Å². The molecule has 1 fully saturated rings. The summed E-state index contributed by atoms with van der Waals surface area (Å²) in [5.41, 5.74) is 0.797. The number of amides is 1. The Morgan fingerprint density at radius 2 is 2.13 bits per heavy atom. The van der Waals surface area contributed by atoms with Gasteiger partial charge in [-0.25, -0.2) is 9.78 Å². The molecular formula is C11H13N5O7. The van der Waals surface area contributed by atoms with E-state index in [4.69, 9.17) is 10.5 Å². The third-order valence-electron chi connectivity index (χ3n) is 3.77. The number of aromatic nitrogens is 4. The highest BCUT2D eigenvalue weighted by molar-refractivity contribution is 5.85. The number of aliphatic hydroxyl groups is 3. The second-order valence-electron chi connectivity index (χ2n) is 5.06. The van der Waals surface area contributed by atoms with Crippen molar-refractivity contribution >= 4 is 17.1 Å². The number of nitrogens with two attached hydrogens (primary N) is 1. The Balaban J connectivity index is 2.31. The van der Waals surface area contributed by atoms with Crippen LogP contribution >= 0.6 is 0 Å². The maximum absolute atomic E-state index is 12.0. The standard InChI is InChI=1S/C11H13N5O7/c12-9(21)11(6(19)5(18)3(1-17)23-11)16-2-13-4-7(16)14-10(22)15-8(4)20/h2-3,5-6,17-19H,1H2,(H2,12,21)(H2,14,15,20,22)/t3-,5-,6-,11+/m1/s1. The smallest absolute Gasteiger partial charge is 0.327 e. The van der Waals surface area contributed by atoms with Crippen molar-refractivity contribution in [3.05, 3.63) is 27.2 Å². The molecule has 0 spiro atoms. The highest BCUT2D eigenvalue weighted by Gasteiger charge is 2.60. The van der Waals surface area contributed by atoms with E-state index >= 15 is 0 Å². The molecule has 0 radical (unpaired) electrons. The average Bonchev–Trinajstić information content (AvgIpc) is 3.01. The number of nitrogens with one attached hydrogen (secondary N) is 2. The predicted molar refractivity (Wildman–Crippen MR) is 72.1 cm³/mol. The number of aromatic amines is 2. The van der Waals surface area contributed by atoms with E-state index in [0.29, 0.717) is 0 Å². The number of primary amides is 1. The number of nitrogens with zero attached hydrogens (tertiary/aromatic N) is 2. The normalized spacial score (nSPS) is 30.8. The van der Waals surface area contributed by atoms with Gasteiger partial charge in [-0.1, -0.05) is 0 Å². The molecular weight excluding hydrogens is 314 g/mol. The quantitative estimate of drug-likeness (QED) is 0.325. The molecule has 1 amide bonds. The van der Waals surface area contributed by atoms with Crippen LogP contribution in [0.25, 0.3) is 11.2 Å². The van der Waals surface area contributed by atoms with Crippen LogP contribution in [-0.2, 0) is 15.3 Å². The summed E-state index contributed by atoms with van der Waals surface area (Å²) >= 11 is 0. The SMILES string of the molecule is NC(=O)[C@@]1(n2cnc3c(=O)[nH]c(=O)[nH]c32)O[C@H](CO)[C@@H](O)[C@H]1O. The minimum absolute atomic E-state index is 0.233. The van der Waals surface area contributed by atoms with E-state index in [2.05, 4.69) is 9.97 Å².